The maximum Gasteiger partial charge on any atom is 0.309 e. The lowest BCUT2D eigenvalue weighted by molar-refractivity contribution is -0.149. The zero-order chi connectivity index (χ0) is 18.1. The summed E-state index contributed by atoms with van der Waals surface area (Å²) in [6.45, 7) is 13.7. The van der Waals surface area contributed by atoms with Crippen molar-refractivity contribution in [1.82, 2.24) is 15.1 Å². The number of nitrogens with zero attached hydrogens (tertiary/aromatic N) is 3. The molecule has 0 aromatic rings. The third kappa shape index (κ3) is 7.58. The molecular formula is C19H37IN4O2. The summed E-state index contributed by atoms with van der Waals surface area (Å²) in [5, 5.41) is 3.41. The van der Waals surface area contributed by atoms with Gasteiger partial charge in [0.15, 0.2) is 5.96 Å². The van der Waals surface area contributed by atoms with E-state index in [9.17, 15) is 4.79 Å². The van der Waals surface area contributed by atoms with Crippen LogP contribution in [0.2, 0.25) is 0 Å². The molecule has 0 aromatic carbocycles. The van der Waals surface area contributed by atoms with Gasteiger partial charge in [0, 0.05) is 26.2 Å². The zero-order valence-corrected chi connectivity index (χ0v) is 19.0. The number of piperidine rings is 2. The van der Waals surface area contributed by atoms with Crippen LogP contribution in [0.15, 0.2) is 4.99 Å². The second-order valence-electron chi connectivity index (χ2n) is 7.27. The van der Waals surface area contributed by atoms with Crippen molar-refractivity contribution in [2.75, 3.05) is 52.4 Å². The minimum absolute atomic E-state index is 0. The number of ether oxygens (including phenoxy) is 1. The van der Waals surface area contributed by atoms with Crippen LogP contribution in [0.25, 0.3) is 0 Å². The van der Waals surface area contributed by atoms with E-state index in [0.717, 1.165) is 57.4 Å². The van der Waals surface area contributed by atoms with Crippen molar-refractivity contribution in [2.45, 2.75) is 46.5 Å². The Morgan fingerprint density at radius 2 is 1.77 bits per heavy atom. The lowest BCUT2D eigenvalue weighted by Crippen LogP contribution is -2.47. The van der Waals surface area contributed by atoms with Gasteiger partial charge in [0.2, 0.25) is 0 Å². The molecule has 0 aliphatic carbocycles. The van der Waals surface area contributed by atoms with Crippen molar-refractivity contribution in [1.29, 1.82) is 0 Å². The van der Waals surface area contributed by atoms with Crippen molar-refractivity contribution in [3.8, 4) is 0 Å². The number of halogens is 1. The molecule has 0 saturated carbocycles. The Labute approximate surface area is 176 Å². The normalized spacial score (nSPS) is 20.6. The number of rotatable bonds is 6. The molecule has 2 heterocycles. The number of nitrogens with one attached hydrogen (secondary N) is 1. The van der Waals surface area contributed by atoms with Crippen LogP contribution in [-0.2, 0) is 9.53 Å². The van der Waals surface area contributed by atoms with Gasteiger partial charge in [-0.1, -0.05) is 6.92 Å². The molecule has 152 valence electrons. The molecule has 6 nitrogen and oxygen atoms in total. The van der Waals surface area contributed by atoms with Crippen LogP contribution in [0.1, 0.15) is 46.5 Å². The van der Waals surface area contributed by atoms with E-state index in [2.05, 4.69) is 29.0 Å². The molecule has 2 aliphatic heterocycles. The topological polar surface area (TPSA) is 57.2 Å². The minimum atomic E-state index is -0.0385. The van der Waals surface area contributed by atoms with E-state index in [1.54, 1.807) is 0 Å². The Balaban J connectivity index is 0.00000338. The van der Waals surface area contributed by atoms with Gasteiger partial charge in [0.05, 0.1) is 19.1 Å². The van der Waals surface area contributed by atoms with Gasteiger partial charge in [0.25, 0.3) is 0 Å². The zero-order valence-electron chi connectivity index (χ0n) is 16.7. The van der Waals surface area contributed by atoms with Crippen molar-refractivity contribution >= 4 is 35.9 Å². The number of hydrogen-bond donors (Lipinski definition) is 1. The smallest absolute Gasteiger partial charge is 0.309 e. The van der Waals surface area contributed by atoms with Crippen LogP contribution in [-0.4, -0.2) is 74.1 Å². The summed E-state index contributed by atoms with van der Waals surface area (Å²) >= 11 is 0. The first kappa shape index (κ1) is 23.5. The van der Waals surface area contributed by atoms with E-state index in [-0.39, 0.29) is 35.9 Å². The summed E-state index contributed by atoms with van der Waals surface area (Å²) in [6, 6.07) is 0. The van der Waals surface area contributed by atoms with Crippen LogP contribution in [0.5, 0.6) is 0 Å². The highest BCUT2D eigenvalue weighted by atomic mass is 127. The number of likely N-dealkylation sites (tertiary alicyclic amines) is 2. The quantitative estimate of drug-likeness (QED) is 0.274. The summed E-state index contributed by atoms with van der Waals surface area (Å²) in [4.78, 5) is 21.5. The van der Waals surface area contributed by atoms with E-state index in [1.807, 2.05) is 6.92 Å². The van der Waals surface area contributed by atoms with E-state index in [1.165, 1.54) is 25.9 Å². The SMILES string of the molecule is CCNC(=NCCN1CCC(C)CC1)N1CCC(C(=O)OCC)CC1.I. The molecule has 0 bridgehead atoms. The molecule has 2 rings (SSSR count). The van der Waals surface area contributed by atoms with Crippen molar-refractivity contribution < 1.29 is 9.53 Å². The van der Waals surface area contributed by atoms with Gasteiger partial charge in [0.1, 0.15) is 0 Å². The summed E-state index contributed by atoms with van der Waals surface area (Å²) < 4.78 is 5.16. The number of guanidine groups is 1. The van der Waals surface area contributed by atoms with Crippen LogP contribution in [0.4, 0.5) is 0 Å². The maximum atomic E-state index is 11.9. The Hall–Kier alpha value is -0.570. The Bertz CT molecular complexity index is 431. The lowest BCUT2D eigenvalue weighted by Gasteiger charge is -2.33. The predicted octanol–water partition coefficient (Wildman–Crippen LogP) is 2.58. The molecule has 0 amide bonds. The number of esters is 1. The average Bonchev–Trinajstić information content (AvgIpc) is 2.63. The van der Waals surface area contributed by atoms with Crippen molar-refractivity contribution in [3.63, 3.8) is 0 Å². The van der Waals surface area contributed by atoms with E-state index in [4.69, 9.17) is 9.73 Å². The Morgan fingerprint density at radius 3 is 2.35 bits per heavy atom. The number of carbonyl (C=O) groups excluding carboxylic acids is 1. The Morgan fingerprint density at radius 1 is 1.12 bits per heavy atom. The number of carbonyl (C=O) groups is 1. The van der Waals surface area contributed by atoms with Gasteiger partial charge >= 0.3 is 5.97 Å². The average molecular weight is 480 g/mol. The number of aliphatic imine (C=N–C) groups is 1. The highest BCUT2D eigenvalue weighted by molar-refractivity contribution is 14.0. The lowest BCUT2D eigenvalue weighted by atomic mass is 9.97. The van der Waals surface area contributed by atoms with Gasteiger partial charge in [-0.2, -0.15) is 0 Å². The molecule has 0 radical (unpaired) electrons. The first-order valence-corrected chi connectivity index (χ1v) is 10.1. The molecular weight excluding hydrogens is 443 g/mol. The van der Waals surface area contributed by atoms with E-state index < -0.39 is 0 Å². The van der Waals surface area contributed by atoms with E-state index in [0.29, 0.717) is 6.61 Å². The molecule has 0 unspecified atom stereocenters. The maximum absolute atomic E-state index is 11.9. The molecule has 0 spiro atoms. The van der Waals surface area contributed by atoms with Gasteiger partial charge in [-0.05, 0) is 58.5 Å². The summed E-state index contributed by atoms with van der Waals surface area (Å²) in [5.41, 5.74) is 0. The fourth-order valence-electron chi connectivity index (χ4n) is 3.60. The Kier molecular flexibility index (Phi) is 11.5. The van der Waals surface area contributed by atoms with Gasteiger partial charge in [-0.3, -0.25) is 9.79 Å². The largest absolute Gasteiger partial charge is 0.466 e. The third-order valence-electron chi connectivity index (χ3n) is 5.30. The van der Waals surface area contributed by atoms with E-state index >= 15 is 0 Å². The molecule has 0 atom stereocenters. The first-order chi connectivity index (χ1) is 12.1. The molecule has 7 heteroatoms. The molecule has 26 heavy (non-hydrogen) atoms. The summed E-state index contributed by atoms with van der Waals surface area (Å²) in [5.74, 6) is 1.88. The predicted molar refractivity (Wildman–Crippen MR) is 117 cm³/mol. The fraction of sp³-hybridized carbons (Fsp3) is 0.895. The molecule has 0 aromatic heterocycles. The molecule has 1 N–H and O–H groups in total. The minimum Gasteiger partial charge on any atom is -0.466 e. The summed E-state index contributed by atoms with van der Waals surface area (Å²) in [6.07, 6.45) is 4.33. The highest BCUT2D eigenvalue weighted by Gasteiger charge is 2.27. The third-order valence-corrected chi connectivity index (χ3v) is 5.30. The highest BCUT2D eigenvalue weighted by Crippen LogP contribution is 2.19. The van der Waals surface area contributed by atoms with Crippen LogP contribution in [0.3, 0.4) is 0 Å². The van der Waals surface area contributed by atoms with Gasteiger partial charge in [-0.15, -0.1) is 24.0 Å². The second-order valence-corrected chi connectivity index (χ2v) is 7.27. The first-order valence-electron chi connectivity index (χ1n) is 10.1. The second kappa shape index (κ2) is 12.8. The van der Waals surface area contributed by atoms with Gasteiger partial charge in [-0.25, -0.2) is 0 Å². The number of hydrogen-bond acceptors (Lipinski definition) is 4. The van der Waals surface area contributed by atoms with Crippen molar-refractivity contribution in [3.05, 3.63) is 0 Å². The van der Waals surface area contributed by atoms with Crippen LogP contribution >= 0.6 is 24.0 Å². The monoisotopic (exact) mass is 480 g/mol. The van der Waals surface area contributed by atoms with Gasteiger partial charge < -0.3 is 19.9 Å². The fourth-order valence-corrected chi connectivity index (χ4v) is 3.60. The molecule has 2 aliphatic rings. The summed E-state index contributed by atoms with van der Waals surface area (Å²) in [7, 11) is 0. The van der Waals surface area contributed by atoms with Crippen LogP contribution < -0.4 is 5.32 Å². The van der Waals surface area contributed by atoms with Crippen LogP contribution in [0, 0.1) is 11.8 Å². The standard InChI is InChI=1S/C19H36N4O2.HI/c1-4-20-19(21-10-15-22-11-6-16(3)7-12-22)23-13-8-17(9-14-23)18(24)25-5-2;/h16-17H,4-15H2,1-3H3,(H,20,21);1H. The van der Waals surface area contributed by atoms with Crippen molar-refractivity contribution in [2.24, 2.45) is 16.8 Å². The molecule has 2 fully saturated rings. The molecule has 2 saturated heterocycles.